The number of rotatable bonds is 3. The normalized spacial score (nSPS) is 25.4. The summed E-state index contributed by atoms with van der Waals surface area (Å²) in [5.74, 6) is 3.83. The van der Waals surface area contributed by atoms with Gasteiger partial charge in [0.1, 0.15) is 0 Å². The molecule has 0 radical (unpaired) electrons. The Morgan fingerprint density at radius 3 is 2.67 bits per heavy atom. The molecule has 0 amide bonds. The topological polar surface area (TPSA) is 47.3 Å². The van der Waals surface area contributed by atoms with Gasteiger partial charge in [0.25, 0.3) is 0 Å². The summed E-state index contributed by atoms with van der Waals surface area (Å²) >= 11 is 0. The Bertz CT molecular complexity index is 445. The van der Waals surface area contributed by atoms with Crippen LogP contribution in [0.4, 0.5) is 8.78 Å². The molecule has 0 aliphatic carbocycles. The minimum absolute atomic E-state index is 0.213. The van der Waals surface area contributed by atoms with Gasteiger partial charge in [-0.3, -0.25) is 5.84 Å². The average Bonchev–Trinajstić information content (AvgIpc) is 2.78. The smallest absolute Gasteiger partial charge is 0.164 e. The Hall–Kier alpha value is -1.04. The summed E-state index contributed by atoms with van der Waals surface area (Å²) in [6, 6.07) is 2.55. The number of hydrazine groups is 1. The first-order valence-electron chi connectivity index (χ1n) is 6.04. The first kappa shape index (κ1) is 13.4. The Morgan fingerprint density at radius 2 is 2.11 bits per heavy atom. The molecule has 2 atom stereocenters. The Kier molecular flexibility index (Phi) is 3.66. The van der Waals surface area contributed by atoms with Crippen molar-refractivity contribution in [1.82, 2.24) is 5.43 Å². The second kappa shape index (κ2) is 4.91. The van der Waals surface area contributed by atoms with Crippen LogP contribution in [0.15, 0.2) is 12.1 Å². The molecule has 0 spiro atoms. The lowest BCUT2D eigenvalue weighted by atomic mass is 9.87. The lowest BCUT2D eigenvalue weighted by molar-refractivity contribution is -0.0136. The molecule has 1 saturated heterocycles. The highest BCUT2D eigenvalue weighted by Gasteiger charge is 2.40. The van der Waals surface area contributed by atoms with Gasteiger partial charge in [-0.05, 0) is 32.3 Å². The minimum atomic E-state index is -0.852. The first-order valence-corrected chi connectivity index (χ1v) is 6.04. The number of ether oxygens (including phenoxy) is 1. The number of halogens is 2. The van der Waals surface area contributed by atoms with Crippen LogP contribution < -0.4 is 11.3 Å². The van der Waals surface area contributed by atoms with Crippen LogP contribution in [-0.2, 0) is 4.74 Å². The zero-order valence-corrected chi connectivity index (χ0v) is 10.6. The second-order valence-electron chi connectivity index (χ2n) is 4.96. The van der Waals surface area contributed by atoms with E-state index in [0.29, 0.717) is 6.61 Å². The Labute approximate surface area is 105 Å². The van der Waals surface area contributed by atoms with Gasteiger partial charge in [-0.15, -0.1) is 0 Å². The van der Waals surface area contributed by atoms with Crippen LogP contribution in [0, 0.1) is 18.6 Å². The van der Waals surface area contributed by atoms with Crippen molar-refractivity contribution < 1.29 is 13.5 Å². The summed E-state index contributed by atoms with van der Waals surface area (Å²) in [6.45, 7) is 4.01. The monoisotopic (exact) mass is 256 g/mol. The van der Waals surface area contributed by atoms with Crippen LogP contribution in [0.25, 0.3) is 0 Å². The highest BCUT2D eigenvalue weighted by atomic mass is 19.2. The molecule has 1 aromatic rings. The van der Waals surface area contributed by atoms with E-state index in [2.05, 4.69) is 5.43 Å². The summed E-state index contributed by atoms with van der Waals surface area (Å²) in [5, 5.41) is 0. The van der Waals surface area contributed by atoms with Gasteiger partial charge in [-0.2, -0.15) is 0 Å². The van der Waals surface area contributed by atoms with Crippen LogP contribution in [0.2, 0.25) is 0 Å². The molecule has 1 heterocycles. The van der Waals surface area contributed by atoms with Crippen molar-refractivity contribution in [3.05, 3.63) is 34.9 Å². The largest absolute Gasteiger partial charge is 0.373 e. The highest BCUT2D eigenvalue weighted by molar-refractivity contribution is 5.29. The number of benzene rings is 1. The minimum Gasteiger partial charge on any atom is -0.373 e. The van der Waals surface area contributed by atoms with Gasteiger partial charge in [-0.25, -0.2) is 14.2 Å². The second-order valence-corrected chi connectivity index (χ2v) is 4.96. The maximum Gasteiger partial charge on any atom is 0.164 e. The van der Waals surface area contributed by atoms with Gasteiger partial charge in [0.05, 0.1) is 11.6 Å². The quantitative estimate of drug-likeness (QED) is 0.644. The summed E-state index contributed by atoms with van der Waals surface area (Å²) in [6.07, 6.45) is 1.65. The fraction of sp³-hybridized carbons (Fsp3) is 0.538. The van der Waals surface area contributed by atoms with Crippen molar-refractivity contribution in [2.24, 2.45) is 5.84 Å². The summed E-state index contributed by atoms with van der Waals surface area (Å²) < 4.78 is 33.3. The van der Waals surface area contributed by atoms with Gasteiger partial charge in [-0.1, -0.05) is 12.1 Å². The lowest BCUT2D eigenvalue weighted by Crippen LogP contribution is -2.44. The molecule has 0 saturated carbocycles. The Morgan fingerprint density at radius 1 is 1.39 bits per heavy atom. The fourth-order valence-corrected chi connectivity index (χ4v) is 2.51. The first-order chi connectivity index (χ1) is 8.49. The van der Waals surface area contributed by atoms with Crippen molar-refractivity contribution in [2.75, 3.05) is 6.61 Å². The van der Waals surface area contributed by atoms with Crippen LogP contribution in [0.1, 0.15) is 36.9 Å². The van der Waals surface area contributed by atoms with Crippen molar-refractivity contribution in [3.8, 4) is 0 Å². The van der Waals surface area contributed by atoms with E-state index in [9.17, 15) is 8.78 Å². The fourth-order valence-electron chi connectivity index (χ4n) is 2.51. The summed E-state index contributed by atoms with van der Waals surface area (Å²) in [7, 11) is 0. The molecule has 3 N–H and O–H groups in total. The molecule has 1 aliphatic rings. The number of aryl methyl sites for hydroxylation is 1. The van der Waals surface area contributed by atoms with Crippen LogP contribution in [0.5, 0.6) is 0 Å². The summed E-state index contributed by atoms with van der Waals surface area (Å²) in [4.78, 5) is 0. The summed E-state index contributed by atoms with van der Waals surface area (Å²) in [5.41, 5.74) is 2.45. The molecule has 2 rings (SSSR count). The van der Waals surface area contributed by atoms with E-state index in [-0.39, 0.29) is 11.1 Å². The lowest BCUT2D eigenvalue weighted by Gasteiger charge is -2.33. The molecule has 100 valence electrons. The van der Waals surface area contributed by atoms with Crippen LogP contribution >= 0.6 is 0 Å². The third-order valence-electron chi connectivity index (χ3n) is 3.64. The van der Waals surface area contributed by atoms with E-state index >= 15 is 0 Å². The van der Waals surface area contributed by atoms with E-state index in [1.165, 1.54) is 6.92 Å². The number of hydrogen-bond acceptors (Lipinski definition) is 3. The number of nitrogens with one attached hydrogen (secondary N) is 1. The van der Waals surface area contributed by atoms with Crippen molar-refractivity contribution in [1.29, 1.82) is 0 Å². The molecule has 1 aliphatic heterocycles. The molecular weight excluding hydrogens is 238 g/mol. The maximum atomic E-state index is 14.0. The Balaban J connectivity index is 2.42. The van der Waals surface area contributed by atoms with Crippen molar-refractivity contribution >= 4 is 0 Å². The molecule has 3 nitrogen and oxygen atoms in total. The van der Waals surface area contributed by atoms with Crippen LogP contribution in [-0.4, -0.2) is 12.2 Å². The third-order valence-corrected chi connectivity index (χ3v) is 3.64. The molecular formula is C13H18F2N2O. The standard InChI is InChI=1S/C13H18F2N2O/c1-8-4-5-9(11(15)10(8)14)12(17-16)13(2)6-3-7-18-13/h4-5,12,17H,3,6-7,16H2,1-2H3. The van der Waals surface area contributed by atoms with Gasteiger partial charge in [0.15, 0.2) is 11.6 Å². The van der Waals surface area contributed by atoms with E-state index in [4.69, 9.17) is 10.6 Å². The maximum absolute atomic E-state index is 14.0. The molecule has 0 aromatic heterocycles. The van der Waals surface area contributed by atoms with E-state index in [1.54, 1.807) is 12.1 Å². The molecule has 5 heteroatoms. The SMILES string of the molecule is Cc1ccc(C(NN)C2(C)CCCO2)c(F)c1F. The molecule has 1 fully saturated rings. The van der Waals surface area contributed by atoms with E-state index in [1.807, 2.05) is 6.92 Å². The molecule has 2 unspecified atom stereocenters. The molecule has 18 heavy (non-hydrogen) atoms. The van der Waals surface area contributed by atoms with Crippen molar-refractivity contribution in [2.45, 2.75) is 38.3 Å². The van der Waals surface area contributed by atoms with Crippen LogP contribution in [0.3, 0.4) is 0 Å². The average molecular weight is 256 g/mol. The predicted molar refractivity (Wildman–Crippen MR) is 64.8 cm³/mol. The molecule has 1 aromatic carbocycles. The van der Waals surface area contributed by atoms with E-state index in [0.717, 1.165) is 12.8 Å². The van der Waals surface area contributed by atoms with Gasteiger partial charge in [0, 0.05) is 12.2 Å². The van der Waals surface area contributed by atoms with E-state index < -0.39 is 23.3 Å². The third kappa shape index (κ3) is 2.13. The zero-order valence-electron chi connectivity index (χ0n) is 10.6. The number of hydrogen-bond donors (Lipinski definition) is 2. The highest BCUT2D eigenvalue weighted by Crippen LogP contribution is 2.38. The predicted octanol–water partition coefficient (Wildman–Crippen LogP) is 2.35. The van der Waals surface area contributed by atoms with Gasteiger partial charge >= 0.3 is 0 Å². The zero-order chi connectivity index (χ0) is 13.3. The van der Waals surface area contributed by atoms with Gasteiger partial charge in [0.2, 0.25) is 0 Å². The van der Waals surface area contributed by atoms with Gasteiger partial charge < -0.3 is 4.74 Å². The molecule has 0 bridgehead atoms. The van der Waals surface area contributed by atoms with Crippen molar-refractivity contribution in [3.63, 3.8) is 0 Å². The number of nitrogens with two attached hydrogens (primary N) is 1.